The van der Waals surface area contributed by atoms with Gasteiger partial charge in [0.1, 0.15) is 11.5 Å². The number of benzene rings is 2. The van der Waals surface area contributed by atoms with Crippen molar-refractivity contribution in [1.29, 1.82) is 0 Å². The van der Waals surface area contributed by atoms with Crippen LogP contribution < -0.4 is 14.2 Å². The molecule has 0 aromatic heterocycles. The number of nitrogens with one attached hydrogen (secondary N) is 1. The third-order valence-electron chi connectivity index (χ3n) is 4.08. The summed E-state index contributed by atoms with van der Waals surface area (Å²) in [6.07, 6.45) is 0. The van der Waals surface area contributed by atoms with Crippen molar-refractivity contribution in [3.8, 4) is 11.5 Å². The Balaban J connectivity index is 2.56. The Kier molecular flexibility index (Phi) is 5.94. The average Bonchev–Trinajstić information content (AvgIpc) is 2.60. The molecule has 2 aromatic carbocycles. The number of hydrogen-bond acceptors (Lipinski definition) is 6. The fourth-order valence-electron chi connectivity index (χ4n) is 2.68. The van der Waals surface area contributed by atoms with Crippen molar-refractivity contribution in [1.82, 2.24) is 0 Å². The van der Waals surface area contributed by atoms with Crippen LogP contribution in [0.5, 0.6) is 11.5 Å². The summed E-state index contributed by atoms with van der Waals surface area (Å²) >= 11 is 0. The van der Waals surface area contributed by atoms with Crippen molar-refractivity contribution in [2.45, 2.75) is 31.6 Å². The number of rotatable bonds is 7. The predicted molar refractivity (Wildman–Crippen MR) is 102 cm³/mol. The highest BCUT2D eigenvalue weighted by Crippen LogP contribution is 2.34. The molecule has 0 aliphatic rings. The minimum atomic E-state index is -4.01. The van der Waals surface area contributed by atoms with Crippen molar-refractivity contribution in [3.05, 3.63) is 51.6 Å². The molecule has 1 N–H and O–H groups in total. The zero-order valence-corrected chi connectivity index (χ0v) is 16.6. The van der Waals surface area contributed by atoms with Crippen LogP contribution in [0.4, 0.5) is 11.4 Å². The van der Waals surface area contributed by atoms with Crippen LogP contribution in [0.2, 0.25) is 0 Å². The molecule has 0 saturated carbocycles. The molecule has 0 radical (unpaired) electrons. The number of sulfonamides is 1. The minimum Gasteiger partial charge on any atom is -0.496 e. The molecule has 0 aliphatic carbocycles. The zero-order valence-electron chi connectivity index (χ0n) is 15.8. The van der Waals surface area contributed by atoms with Crippen LogP contribution in [0.1, 0.15) is 30.9 Å². The Labute approximate surface area is 158 Å². The van der Waals surface area contributed by atoms with Gasteiger partial charge in [-0.25, -0.2) is 8.42 Å². The summed E-state index contributed by atoms with van der Waals surface area (Å²) < 4.78 is 38.8. The first-order chi connectivity index (χ1) is 12.6. The van der Waals surface area contributed by atoms with E-state index in [9.17, 15) is 18.5 Å². The number of anilines is 1. The third-order valence-corrected chi connectivity index (χ3v) is 5.58. The van der Waals surface area contributed by atoms with Crippen LogP contribution in [0.3, 0.4) is 0 Å². The summed E-state index contributed by atoms with van der Waals surface area (Å²) in [6, 6.07) is 6.93. The molecule has 0 atom stereocenters. The van der Waals surface area contributed by atoms with Crippen molar-refractivity contribution in [3.63, 3.8) is 0 Å². The van der Waals surface area contributed by atoms with Gasteiger partial charge in [-0.2, -0.15) is 0 Å². The highest BCUT2D eigenvalue weighted by atomic mass is 32.2. The second-order valence-corrected chi connectivity index (χ2v) is 7.91. The second-order valence-electron chi connectivity index (χ2n) is 6.26. The van der Waals surface area contributed by atoms with E-state index >= 15 is 0 Å². The fraction of sp³-hybridized carbons (Fsp3) is 0.333. The number of nitro benzene ring substituents is 1. The number of nitro groups is 1. The van der Waals surface area contributed by atoms with E-state index in [2.05, 4.69) is 4.72 Å². The van der Waals surface area contributed by atoms with Gasteiger partial charge in [-0.15, -0.1) is 0 Å². The van der Waals surface area contributed by atoms with Gasteiger partial charge < -0.3 is 9.47 Å². The van der Waals surface area contributed by atoms with E-state index in [1.165, 1.54) is 26.4 Å². The topological polar surface area (TPSA) is 108 Å². The molecule has 2 rings (SSSR count). The monoisotopic (exact) mass is 394 g/mol. The number of non-ortho nitro benzene ring substituents is 1. The lowest BCUT2D eigenvalue weighted by atomic mass is 10.0. The van der Waals surface area contributed by atoms with Gasteiger partial charge >= 0.3 is 0 Å². The van der Waals surface area contributed by atoms with Crippen molar-refractivity contribution in [2.75, 3.05) is 18.9 Å². The minimum absolute atomic E-state index is 0.00647. The fourth-order valence-corrected chi connectivity index (χ4v) is 4.01. The lowest BCUT2D eigenvalue weighted by Gasteiger charge is -2.17. The van der Waals surface area contributed by atoms with E-state index in [-0.39, 0.29) is 27.9 Å². The van der Waals surface area contributed by atoms with Crippen LogP contribution in [-0.2, 0) is 10.0 Å². The molecule has 0 heterocycles. The predicted octanol–water partition coefficient (Wildman–Crippen LogP) is 3.84. The molecule has 0 unspecified atom stereocenters. The molecule has 9 heteroatoms. The molecular formula is C18H22N2O6S. The van der Waals surface area contributed by atoms with Gasteiger partial charge in [0.05, 0.1) is 29.7 Å². The quantitative estimate of drug-likeness (QED) is 0.564. The molecule has 27 heavy (non-hydrogen) atoms. The molecule has 0 spiro atoms. The van der Waals surface area contributed by atoms with E-state index in [0.29, 0.717) is 11.3 Å². The maximum atomic E-state index is 13.0. The van der Waals surface area contributed by atoms with E-state index in [4.69, 9.17) is 9.47 Å². The Bertz CT molecular complexity index is 970. The molecule has 0 bridgehead atoms. The van der Waals surface area contributed by atoms with E-state index < -0.39 is 14.9 Å². The van der Waals surface area contributed by atoms with Crippen LogP contribution >= 0.6 is 0 Å². The number of aryl methyl sites for hydroxylation is 1. The largest absolute Gasteiger partial charge is 0.496 e. The lowest BCUT2D eigenvalue weighted by Crippen LogP contribution is -2.16. The lowest BCUT2D eigenvalue weighted by molar-refractivity contribution is -0.384. The first-order valence-electron chi connectivity index (χ1n) is 8.14. The highest BCUT2D eigenvalue weighted by molar-refractivity contribution is 7.92. The summed E-state index contributed by atoms with van der Waals surface area (Å²) in [5.41, 5.74) is 0.985. The van der Waals surface area contributed by atoms with Crippen molar-refractivity contribution < 1.29 is 22.8 Å². The van der Waals surface area contributed by atoms with E-state index in [0.717, 1.165) is 11.6 Å². The van der Waals surface area contributed by atoms with Gasteiger partial charge in [0.2, 0.25) is 0 Å². The number of nitrogens with zero attached hydrogens (tertiary/aromatic N) is 1. The zero-order chi connectivity index (χ0) is 20.4. The summed E-state index contributed by atoms with van der Waals surface area (Å²) in [6.45, 7) is 5.52. The summed E-state index contributed by atoms with van der Waals surface area (Å²) in [5, 5.41) is 11.0. The smallest absolute Gasteiger partial charge is 0.271 e. The molecule has 0 aliphatic heterocycles. The van der Waals surface area contributed by atoms with Crippen LogP contribution in [0, 0.1) is 17.0 Å². The average molecular weight is 394 g/mol. The normalized spacial score (nSPS) is 11.3. The Hall–Kier alpha value is -2.81. The number of methoxy groups -OCH3 is 2. The highest BCUT2D eigenvalue weighted by Gasteiger charge is 2.23. The number of hydrogen-bond donors (Lipinski definition) is 1. The number of ether oxygens (including phenoxy) is 2. The van der Waals surface area contributed by atoms with Crippen molar-refractivity contribution in [2.24, 2.45) is 0 Å². The second kappa shape index (κ2) is 7.83. The van der Waals surface area contributed by atoms with Gasteiger partial charge in [-0.05, 0) is 42.2 Å². The molecule has 0 amide bonds. The molecular weight excluding hydrogens is 372 g/mol. The van der Waals surface area contributed by atoms with Crippen LogP contribution in [0.15, 0.2) is 35.2 Å². The van der Waals surface area contributed by atoms with Gasteiger partial charge in [-0.1, -0.05) is 13.8 Å². The van der Waals surface area contributed by atoms with Crippen molar-refractivity contribution >= 4 is 21.4 Å². The maximum absolute atomic E-state index is 13.0. The first-order valence-corrected chi connectivity index (χ1v) is 9.62. The van der Waals surface area contributed by atoms with Gasteiger partial charge in [0, 0.05) is 12.1 Å². The van der Waals surface area contributed by atoms with Gasteiger partial charge in [0.15, 0.2) is 0 Å². The molecule has 0 fully saturated rings. The Morgan fingerprint density at radius 2 is 1.70 bits per heavy atom. The molecule has 146 valence electrons. The Morgan fingerprint density at radius 3 is 2.22 bits per heavy atom. The molecule has 8 nitrogen and oxygen atoms in total. The summed E-state index contributed by atoms with van der Waals surface area (Å²) in [4.78, 5) is 10.5. The van der Waals surface area contributed by atoms with Crippen LogP contribution in [0.25, 0.3) is 0 Å². The molecule has 0 saturated heterocycles. The Morgan fingerprint density at radius 1 is 1.07 bits per heavy atom. The van der Waals surface area contributed by atoms with Crippen LogP contribution in [-0.4, -0.2) is 27.6 Å². The third kappa shape index (κ3) is 4.30. The molecule has 2 aromatic rings. The summed E-state index contributed by atoms with van der Waals surface area (Å²) in [7, 11) is -1.12. The van der Waals surface area contributed by atoms with Gasteiger partial charge in [-0.3, -0.25) is 14.8 Å². The summed E-state index contributed by atoms with van der Waals surface area (Å²) in [5.74, 6) is 0.829. The SMILES string of the molecule is COc1ccc([N+](=O)[O-])cc1NS(=O)(=O)c1cc(C(C)C)c(OC)cc1C. The van der Waals surface area contributed by atoms with E-state index in [1.807, 2.05) is 13.8 Å². The van der Waals surface area contributed by atoms with E-state index in [1.54, 1.807) is 19.1 Å². The standard InChI is InChI=1S/C18H22N2O6S/c1-11(2)14-10-18(12(3)8-17(14)26-5)27(23,24)19-15-9-13(20(21)22)6-7-16(15)25-4/h6-11,19H,1-5H3. The maximum Gasteiger partial charge on any atom is 0.271 e. The first kappa shape index (κ1) is 20.5. The van der Waals surface area contributed by atoms with Gasteiger partial charge in [0.25, 0.3) is 15.7 Å².